The van der Waals surface area contributed by atoms with Gasteiger partial charge in [-0.2, -0.15) is 0 Å². The second kappa shape index (κ2) is 16.2. The number of thiophene rings is 1. The Bertz CT molecular complexity index is 4200. The summed E-state index contributed by atoms with van der Waals surface area (Å²) in [5.74, 6) is 0.641. The summed E-state index contributed by atoms with van der Waals surface area (Å²) >= 11 is 1.89. The zero-order valence-electron chi connectivity index (χ0n) is 37.9. The number of nitrogens with zero attached hydrogens (tertiary/aromatic N) is 4. The van der Waals surface area contributed by atoms with Crippen LogP contribution in [0.1, 0.15) is 0 Å². The maximum Gasteiger partial charge on any atom is 0.235 e. The van der Waals surface area contributed by atoms with E-state index in [9.17, 15) is 0 Å². The average molecular weight is 927 g/mol. The molecule has 328 valence electrons. The van der Waals surface area contributed by atoms with Gasteiger partial charge in [-0.1, -0.05) is 188 Å². The first-order valence-corrected chi connectivity index (χ1v) is 26.6. The molecule has 0 aliphatic heterocycles. The van der Waals surface area contributed by atoms with E-state index in [1.807, 2.05) is 23.6 Å². The van der Waals surface area contributed by atoms with Crippen LogP contribution in [0, 0.1) is 0 Å². The quantitative estimate of drug-likeness (QED) is 0.112. The second-order valence-corrected chi connectivity index (χ2v) is 23.0. The summed E-state index contributed by atoms with van der Waals surface area (Å²) in [6.07, 6.45) is 1.91. The molecule has 0 N–H and O–H groups in total. The van der Waals surface area contributed by atoms with Gasteiger partial charge in [0.2, 0.25) is 5.95 Å². The van der Waals surface area contributed by atoms with Gasteiger partial charge in [0, 0.05) is 59.2 Å². The highest BCUT2D eigenvalue weighted by molar-refractivity contribution is 7.26. The first kappa shape index (κ1) is 40.4. The van der Waals surface area contributed by atoms with E-state index in [4.69, 9.17) is 9.97 Å². The molecule has 14 rings (SSSR count). The van der Waals surface area contributed by atoms with Gasteiger partial charge < -0.3 is 4.57 Å². The molecule has 6 heteroatoms. The monoisotopic (exact) mass is 926 g/mol. The first-order valence-electron chi connectivity index (χ1n) is 23.8. The molecule has 70 heavy (non-hydrogen) atoms. The van der Waals surface area contributed by atoms with Crippen molar-refractivity contribution in [1.82, 2.24) is 19.1 Å². The summed E-state index contributed by atoms with van der Waals surface area (Å²) in [7, 11) is -2.75. The standard InChI is InChI=1S/C64H42N4SSi/c1-5-19-46(20-6-1)67-59-36-33-44(42-55(59)62-60(67)37-34-53-52-29-14-16-31-61(52)69-63(53)62)43-32-35-58-54(41-43)51-28-13-15-30-57(51)68(58)64-65-39-38-56(66-64)45-18-17-27-50(40-45)70(47-21-7-2-8-22-47,48-23-9-3-10-24-48)49-25-11-4-12-26-49/h1-42H. The number of hydrogen-bond acceptors (Lipinski definition) is 3. The van der Waals surface area contributed by atoms with Gasteiger partial charge in [0.25, 0.3) is 0 Å². The Balaban J connectivity index is 0.914. The molecule has 4 heterocycles. The lowest BCUT2D eigenvalue weighted by Crippen LogP contribution is -2.74. The topological polar surface area (TPSA) is 35.6 Å². The maximum atomic E-state index is 5.40. The van der Waals surface area contributed by atoms with Gasteiger partial charge in [0.05, 0.1) is 27.8 Å². The van der Waals surface area contributed by atoms with E-state index in [1.165, 1.54) is 68.3 Å². The molecule has 0 aliphatic rings. The Labute approximate surface area is 409 Å². The molecule has 0 bridgehead atoms. The largest absolute Gasteiger partial charge is 0.309 e. The molecule has 0 saturated carbocycles. The molecule has 0 spiro atoms. The summed E-state index contributed by atoms with van der Waals surface area (Å²) in [5.41, 5.74) is 9.98. The van der Waals surface area contributed by atoms with E-state index < -0.39 is 8.07 Å². The zero-order valence-corrected chi connectivity index (χ0v) is 39.8. The van der Waals surface area contributed by atoms with Crippen LogP contribution in [0.2, 0.25) is 0 Å². The van der Waals surface area contributed by atoms with Crippen molar-refractivity contribution in [3.63, 3.8) is 0 Å². The van der Waals surface area contributed by atoms with Gasteiger partial charge in [-0.15, -0.1) is 11.3 Å². The SMILES string of the molecule is c1ccc(-n2c3ccc(-c4ccc5c(c4)c4ccccc4n5-c4nccc(-c5cccc([Si](c6ccccc6)(c6ccccc6)c6ccccc6)c5)n4)cc3c3c4sc5ccccc5c4ccc32)cc1. The van der Waals surface area contributed by atoms with Crippen molar-refractivity contribution in [3.8, 4) is 34.0 Å². The molecule has 0 fully saturated rings. The molecular weight excluding hydrogens is 885 g/mol. The summed E-state index contributed by atoms with van der Waals surface area (Å²) in [4.78, 5) is 10.4. The van der Waals surface area contributed by atoms with Crippen LogP contribution in [-0.4, -0.2) is 27.2 Å². The van der Waals surface area contributed by atoms with E-state index in [0.717, 1.165) is 44.3 Å². The normalized spacial score (nSPS) is 12.0. The molecule has 4 aromatic heterocycles. The maximum absolute atomic E-state index is 5.40. The molecule has 0 unspecified atom stereocenters. The molecule has 0 radical (unpaired) electrons. The van der Waals surface area contributed by atoms with Gasteiger partial charge in [-0.05, 0) is 92.5 Å². The van der Waals surface area contributed by atoms with Crippen LogP contribution < -0.4 is 20.7 Å². The molecule has 0 amide bonds. The van der Waals surface area contributed by atoms with Crippen LogP contribution in [-0.2, 0) is 0 Å². The van der Waals surface area contributed by atoms with Crippen molar-refractivity contribution < 1.29 is 0 Å². The lowest BCUT2D eigenvalue weighted by atomic mass is 10.00. The molecule has 4 nitrogen and oxygen atoms in total. The van der Waals surface area contributed by atoms with Crippen molar-refractivity contribution in [2.75, 3.05) is 0 Å². The third-order valence-electron chi connectivity index (χ3n) is 14.3. The Kier molecular flexibility index (Phi) is 9.37. The fourth-order valence-corrected chi connectivity index (χ4v) is 17.3. The molecule has 0 atom stereocenters. The minimum Gasteiger partial charge on any atom is -0.309 e. The van der Waals surface area contributed by atoms with Gasteiger partial charge in [0.15, 0.2) is 8.07 Å². The summed E-state index contributed by atoms with van der Waals surface area (Å²) in [6.45, 7) is 0. The fourth-order valence-electron chi connectivity index (χ4n) is 11.3. The number of rotatable bonds is 8. The molecular formula is C64H42N4SSi. The van der Waals surface area contributed by atoms with E-state index in [2.05, 4.69) is 252 Å². The van der Waals surface area contributed by atoms with Crippen LogP contribution in [0.3, 0.4) is 0 Å². The third-order valence-corrected chi connectivity index (χ3v) is 20.3. The summed E-state index contributed by atoms with van der Waals surface area (Å²) in [5, 5.41) is 12.8. The highest BCUT2D eigenvalue weighted by Crippen LogP contribution is 2.44. The molecule has 14 aromatic rings. The van der Waals surface area contributed by atoms with Gasteiger partial charge >= 0.3 is 0 Å². The number of para-hydroxylation sites is 2. The Hall–Kier alpha value is -8.68. The number of hydrogen-bond donors (Lipinski definition) is 0. The van der Waals surface area contributed by atoms with Crippen molar-refractivity contribution in [1.29, 1.82) is 0 Å². The van der Waals surface area contributed by atoms with Gasteiger partial charge in [-0.25, -0.2) is 9.97 Å². The second-order valence-electron chi connectivity index (χ2n) is 18.1. The lowest BCUT2D eigenvalue weighted by Gasteiger charge is -2.34. The minimum absolute atomic E-state index is 0.641. The van der Waals surface area contributed by atoms with E-state index >= 15 is 0 Å². The van der Waals surface area contributed by atoms with Crippen LogP contribution in [0.15, 0.2) is 255 Å². The minimum atomic E-state index is -2.75. The Morgan fingerprint density at radius 3 is 1.61 bits per heavy atom. The smallest absolute Gasteiger partial charge is 0.235 e. The summed E-state index contributed by atoms with van der Waals surface area (Å²) in [6, 6.07) is 91.0. The van der Waals surface area contributed by atoms with Crippen LogP contribution in [0.25, 0.3) is 97.8 Å². The van der Waals surface area contributed by atoms with Crippen molar-refractivity contribution in [3.05, 3.63) is 255 Å². The van der Waals surface area contributed by atoms with E-state index in [1.54, 1.807) is 0 Å². The van der Waals surface area contributed by atoms with Crippen LogP contribution >= 0.6 is 11.3 Å². The third kappa shape index (κ3) is 6.20. The van der Waals surface area contributed by atoms with E-state index in [0.29, 0.717) is 5.95 Å². The number of aromatic nitrogens is 4. The fraction of sp³-hybridized carbons (Fsp3) is 0. The van der Waals surface area contributed by atoms with E-state index in [-0.39, 0.29) is 0 Å². The molecule has 10 aromatic carbocycles. The first-order chi connectivity index (χ1) is 34.7. The predicted octanol–water partition coefficient (Wildman–Crippen LogP) is 13.8. The Morgan fingerprint density at radius 1 is 0.357 bits per heavy atom. The van der Waals surface area contributed by atoms with Crippen molar-refractivity contribution in [2.24, 2.45) is 0 Å². The van der Waals surface area contributed by atoms with Crippen molar-refractivity contribution >= 4 is 104 Å². The predicted molar refractivity (Wildman–Crippen MR) is 298 cm³/mol. The van der Waals surface area contributed by atoms with Gasteiger partial charge in [0.1, 0.15) is 0 Å². The Morgan fingerprint density at radius 2 is 0.914 bits per heavy atom. The number of benzene rings is 10. The van der Waals surface area contributed by atoms with Crippen molar-refractivity contribution in [2.45, 2.75) is 0 Å². The molecule has 0 saturated heterocycles. The molecule has 0 aliphatic carbocycles. The zero-order chi connectivity index (χ0) is 46.2. The highest BCUT2D eigenvalue weighted by Gasteiger charge is 2.41. The highest BCUT2D eigenvalue weighted by atomic mass is 32.1. The summed E-state index contributed by atoms with van der Waals surface area (Å²) < 4.78 is 7.29. The van der Waals surface area contributed by atoms with Crippen LogP contribution in [0.4, 0.5) is 0 Å². The number of fused-ring (bicyclic) bond motifs is 10. The van der Waals surface area contributed by atoms with Gasteiger partial charge in [-0.3, -0.25) is 4.57 Å². The average Bonchev–Trinajstić information content (AvgIpc) is 4.10. The van der Waals surface area contributed by atoms with Crippen LogP contribution in [0.5, 0.6) is 0 Å². The lowest BCUT2D eigenvalue weighted by molar-refractivity contribution is 0.992.